The van der Waals surface area contributed by atoms with Gasteiger partial charge in [0.05, 0.1) is 0 Å². The Morgan fingerprint density at radius 1 is 0.762 bits per heavy atom. The summed E-state index contributed by atoms with van der Waals surface area (Å²) in [6.45, 7) is 8.60. The normalized spacial score (nSPS) is 11.3. The van der Waals surface area contributed by atoms with E-state index in [-0.39, 0.29) is 17.9 Å². The van der Waals surface area contributed by atoms with Gasteiger partial charge >= 0.3 is 0 Å². The monoisotopic (exact) mass is 297 g/mol. The van der Waals surface area contributed by atoms with Crippen molar-refractivity contribution in [3.05, 3.63) is 0 Å². The molecule has 0 heterocycles. The van der Waals surface area contributed by atoms with Crippen molar-refractivity contribution in [3.63, 3.8) is 0 Å². The van der Waals surface area contributed by atoms with Crippen LogP contribution in [0.2, 0.25) is 0 Å². The third kappa shape index (κ3) is 12.9. The summed E-state index contributed by atoms with van der Waals surface area (Å²) in [5.74, 6) is 0.534. The highest BCUT2D eigenvalue weighted by Crippen LogP contribution is 2.19. The highest BCUT2D eigenvalue weighted by molar-refractivity contribution is 5.78. The summed E-state index contributed by atoms with van der Waals surface area (Å²) >= 11 is 0. The standard InChI is InChI=1S/C19H39NO/c1-5-7-9-11-13-15-18(19(21)20-17(3)4)16-14-12-10-8-6-2/h17-18H,5-16H2,1-4H3,(H,20,21). The largest absolute Gasteiger partial charge is 0.354 e. The Morgan fingerprint density at radius 3 is 1.57 bits per heavy atom. The molecule has 1 N–H and O–H groups in total. The van der Waals surface area contributed by atoms with Gasteiger partial charge in [-0.05, 0) is 26.7 Å². The minimum absolute atomic E-state index is 0.246. The van der Waals surface area contributed by atoms with E-state index >= 15 is 0 Å². The summed E-state index contributed by atoms with van der Waals surface area (Å²) in [6.07, 6.45) is 15.0. The summed E-state index contributed by atoms with van der Waals surface area (Å²) in [4.78, 5) is 12.3. The lowest BCUT2D eigenvalue weighted by Gasteiger charge is -2.18. The van der Waals surface area contributed by atoms with Crippen LogP contribution in [0.4, 0.5) is 0 Å². The van der Waals surface area contributed by atoms with Crippen LogP contribution in [0.5, 0.6) is 0 Å². The van der Waals surface area contributed by atoms with E-state index in [0.717, 1.165) is 12.8 Å². The van der Waals surface area contributed by atoms with Gasteiger partial charge in [-0.1, -0.05) is 78.1 Å². The smallest absolute Gasteiger partial charge is 0.223 e. The molecule has 0 aliphatic carbocycles. The van der Waals surface area contributed by atoms with Crippen LogP contribution in [-0.4, -0.2) is 11.9 Å². The van der Waals surface area contributed by atoms with Gasteiger partial charge < -0.3 is 5.32 Å². The molecule has 0 rings (SSSR count). The van der Waals surface area contributed by atoms with E-state index in [1.165, 1.54) is 64.2 Å². The molecule has 2 heteroatoms. The van der Waals surface area contributed by atoms with E-state index in [0.29, 0.717) is 0 Å². The zero-order valence-electron chi connectivity index (χ0n) is 15.0. The fraction of sp³-hybridized carbons (Fsp3) is 0.947. The van der Waals surface area contributed by atoms with Gasteiger partial charge in [0.25, 0.3) is 0 Å². The van der Waals surface area contributed by atoms with E-state index < -0.39 is 0 Å². The van der Waals surface area contributed by atoms with E-state index in [4.69, 9.17) is 0 Å². The van der Waals surface area contributed by atoms with Crippen LogP contribution in [0.3, 0.4) is 0 Å². The van der Waals surface area contributed by atoms with E-state index in [9.17, 15) is 4.79 Å². The molecule has 0 fully saturated rings. The third-order valence-electron chi connectivity index (χ3n) is 4.11. The zero-order valence-corrected chi connectivity index (χ0v) is 15.0. The van der Waals surface area contributed by atoms with Crippen LogP contribution in [0.25, 0.3) is 0 Å². The van der Waals surface area contributed by atoms with Crippen molar-refractivity contribution in [1.82, 2.24) is 5.32 Å². The highest BCUT2D eigenvalue weighted by atomic mass is 16.1. The Hall–Kier alpha value is -0.530. The van der Waals surface area contributed by atoms with Crippen molar-refractivity contribution < 1.29 is 4.79 Å². The molecular formula is C19H39NO. The Bertz CT molecular complexity index is 224. The molecule has 0 bridgehead atoms. The van der Waals surface area contributed by atoms with Gasteiger partial charge in [0.15, 0.2) is 0 Å². The molecule has 1 amide bonds. The number of hydrogen-bond acceptors (Lipinski definition) is 1. The molecular weight excluding hydrogens is 258 g/mol. The number of hydrogen-bond donors (Lipinski definition) is 1. The van der Waals surface area contributed by atoms with Gasteiger partial charge in [-0.25, -0.2) is 0 Å². The molecule has 21 heavy (non-hydrogen) atoms. The third-order valence-corrected chi connectivity index (χ3v) is 4.11. The quantitative estimate of drug-likeness (QED) is 0.400. The summed E-state index contributed by atoms with van der Waals surface area (Å²) in [5, 5.41) is 3.11. The van der Waals surface area contributed by atoms with Crippen LogP contribution in [0, 0.1) is 5.92 Å². The fourth-order valence-corrected chi connectivity index (χ4v) is 2.80. The molecule has 0 spiro atoms. The van der Waals surface area contributed by atoms with Crippen molar-refractivity contribution in [3.8, 4) is 0 Å². The molecule has 0 aromatic carbocycles. The van der Waals surface area contributed by atoms with Gasteiger partial charge in [0.2, 0.25) is 5.91 Å². The minimum Gasteiger partial charge on any atom is -0.354 e. The molecule has 0 aliphatic rings. The molecule has 0 unspecified atom stereocenters. The number of nitrogens with one attached hydrogen (secondary N) is 1. The number of amides is 1. The number of carbonyl (C=O) groups is 1. The maximum absolute atomic E-state index is 12.3. The molecule has 0 radical (unpaired) electrons. The summed E-state index contributed by atoms with van der Waals surface area (Å²) in [5.41, 5.74) is 0. The second kappa shape index (κ2) is 14.4. The van der Waals surface area contributed by atoms with Gasteiger partial charge in [-0.3, -0.25) is 4.79 Å². The van der Waals surface area contributed by atoms with Crippen LogP contribution < -0.4 is 5.32 Å². The predicted octanol–water partition coefficient (Wildman–Crippen LogP) is 5.85. The molecule has 126 valence electrons. The first-order valence-corrected chi connectivity index (χ1v) is 9.42. The van der Waals surface area contributed by atoms with Crippen LogP contribution in [0.15, 0.2) is 0 Å². The van der Waals surface area contributed by atoms with Crippen molar-refractivity contribution in [1.29, 1.82) is 0 Å². The lowest BCUT2D eigenvalue weighted by molar-refractivity contribution is -0.126. The van der Waals surface area contributed by atoms with Crippen LogP contribution in [-0.2, 0) is 4.79 Å². The molecule has 0 saturated heterocycles. The van der Waals surface area contributed by atoms with Crippen molar-refractivity contribution in [2.24, 2.45) is 5.92 Å². The maximum atomic E-state index is 12.3. The highest BCUT2D eigenvalue weighted by Gasteiger charge is 2.18. The molecule has 0 atom stereocenters. The van der Waals surface area contributed by atoms with E-state index in [2.05, 4.69) is 33.0 Å². The van der Waals surface area contributed by atoms with Gasteiger partial charge in [-0.15, -0.1) is 0 Å². The Morgan fingerprint density at radius 2 is 1.19 bits per heavy atom. The first kappa shape index (κ1) is 20.5. The second-order valence-corrected chi connectivity index (χ2v) is 6.77. The number of unbranched alkanes of at least 4 members (excludes halogenated alkanes) is 8. The lowest BCUT2D eigenvalue weighted by Crippen LogP contribution is -2.35. The molecule has 0 saturated carbocycles. The molecule has 0 aromatic heterocycles. The van der Waals surface area contributed by atoms with Crippen LogP contribution in [0.1, 0.15) is 105 Å². The summed E-state index contributed by atoms with van der Waals surface area (Å²) in [6, 6.07) is 0.264. The Kier molecular flexibility index (Phi) is 14.0. The van der Waals surface area contributed by atoms with Gasteiger partial charge in [-0.2, -0.15) is 0 Å². The van der Waals surface area contributed by atoms with Crippen molar-refractivity contribution in [2.75, 3.05) is 0 Å². The average molecular weight is 298 g/mol. The fourth-order valence-electron chi connectivity index (χ4n) is 2.80. The SMILES string of the molecule is CCCCCCCC(CCCCCCC)C(=O)NC(C)C. The average Bonchev–Trinajstić information content (AvgIpc) is 2.43. The maximum Gasteiger partial charge on any atom is 0.223 e. The Labute approximate surface area is 133 Å². The topological polar surface area (TPSA) is 29.1 Å². The lowest BCUT2D eigenvalue weighted by atomic mass is 9.93. The van der Waals surface area contributed by atoms with Crippen LogP contribution >= 0.6 is 0 Å². The van der Waals surface area contributed by atoms with E-state index in [1.807, 2.05) is 0 Å². The molecule has 0 aliphatic heterocycles. The minimum atomic E-state index is 0.246. The molecule has 2 nitrogen and oxygen atoms in total. The first-order valence-electron chi connectivity index (χ1n) is 9.42. The number of carbonyl (C=O) groups excluding carboxylic acids is 1. The Balaban J connectivity index is 3.99. The van der Waals surface area contributed by atoms with Gasteiger partial charge in [0, 0.05) is 12.0 Å². The number of rotatable bonds is 14. The summed E-state index contributed by atoms with van der Waals surface area (Å²) in [7, 11) is 0. The molecule has 0 aromatic rings. The van der Waals surface area contributed by atoms with E-state index in [1.54, 1.807) is 0 Å². The summed E-state index contributed by atoms with van der Waals surface area (Å²) < 4.78 is 0. The van der Waals surface area contributed by atoms with Gasteiger partial charge in [0.1, 0.15) is 0 Å². The second-order valence-electron chi connectivity index (χ2n) is 6.77. The van der Waals surface area contributed by atoms with Crippen molar-refractivity contribution in [2.45, 2.75) is 111 Å². The zero-order chi connectivity index (χ0) is 15.9. The predicted molar refractivity (Wildman–Crippen MR) is 93.5 cm³/mol. The van der Waals surface area contributed by atoms with Crippen molar-refractivity contribution >= 4 is 5.91 Å². The first-order chi connectivity index (χ1) is 10.1.